The van der Waals surface area contributed by atoms with Crippen LogP contribution < -0.4 is 5.64 Å². The SMILES string of the molecule is C#CC#CC#CC#CC#CC#CC#CC#CC.Cc1ccc(C2=NC(=O)/C(=C/c3ccc(O)cc3)S2)cc1.ONOS.[HH].[HH].[HH].[HH]. The molecule has 0 spiro atoms. The van der Waals surface area contributed by atoms with Crippen LogP contribution in [0.5, 0.6) is 5.75 Å². The number of hydrogen-bond acceptors (Lipinski definition) is 7. The third-order valence-electron chi connectivity index (χ3n) is 4.10. The van der Waals surface area contributed by atoms with Gasteiger partial charge in [0.15, 0.2) is 0 Å². The average Bonchev–Trinajstić information content (AvgIpc) is 3.37. The molecule has 0 unspecified atom stereocenters. The number of thiol groups is 1. The molecule has 0 saturated carbocycles. The number of hydrogen-bond donors (Lipinski definition) is 4. The Morgan fingerprint density at radius 3 is 1.81 bits per heavy atom. The Morgan fingerprint density at radius 1 is 0.881 bits per heavy atom. The minimum absolute atomic E-state index is 0. The molecule has 1 aliphatic heterocycles. The lowest BCUT2D eigenvalue weighted by Crippen LogP contribution is -1.97. The summed E-state index contributed by atoms with van der Waals surface area (Å²) in [6.07, 6.45) is 6.67. The van der Waals surface area contributed by atoms with Crippen LogP contribution >= 0.6 is 24.7 Å². The first-order valence-corrected chi connectivity index (χ1v) is 12.6. The number of rotatable bonds is 3. The Bertz CT molecular complexity index is 1820. The number of benzene rings is 2. The predicted octanol–water partition coefficient (Wildman–Crippen LogP) is 5.15. The Balaban J connectivity index is -0.000000324. The number of nitrogens with one attached hydrogen (secondary N) is 1. The van der Waals surface area contributed by atoms with Crippen molar-refractivity contribution < 1.29 is 25.1 Å². The molecule has 2 aromatic carbocycles. The molecule has 0 bridgehead atoms. The van der Waals surface area contributed by atoms with E-state index in [2.05, 4.69) is 111 Å². The maximum atomic E-state index is 12.0. The summed E-state index contributed by atoms with van der Waals surface area (Å²) >= 11 is 4.44. The maximum absolute atomic E-state index is 12.0. The van der Waals surface area contributed by atoms with E-state index in [0.717, 1.165) is 16.2 Å². The lowest BCUT2D eigenvalue weighted by Gasteiger charge is -2.00. The minimum Gasteiger partial charge on any atom is -0.508 e. The van der Waals surface area contributed by atoms with E-state index in [1.54, 1.807) is 37.3 Å². The summed E-state index contributed by atoms with van der Waals surface area (Å²) in [7, 11) is 0. The van der Waals surface area contributed by atoms with Gasteiger partial charge in [-0.3, -0.25) is 10.0 Å². The van der Waals surface area contributed by atoms with Gasteiger partial charge >= 0.3 is 0 Å². The lowest BCUT2D eigenvalue weighted by atomic mass is 10.2. The molecule has 3 N–H and O–H groups in total. The molecule has 42 heavy (non-hydrogen) atoms. The summed E-state index contributed by atoms with van der Waals surface area (Å²) < 4.78 is 3.54. The number of aryl methyl sites for hydroxylation is 1. The monoisotopic (exact) mass is 592 g/mol. The number of carbonyl (C=O) groups excluding carboxylic acids is 1. The first kappa shape index (κ1) is 34.4. The molecular weight excluding hydrogens is 565 g/mol. The zero-order valence-corrected chi connectivity index (χ0v) is 24.0. The van der Waals surface area contributed by atoms with E-state index < -0.39 is 0 Å². The first-order chi connectivity index (χ1) is 20.4. The van der Waals surface area contributed by atoms with Crippen molar-refractivity contribution in [2.75, 3.05) is 0 Å². The normalized spacial score (nSPS) is 10.4. The second-order valence-corrected chi connectivity index (χ2v) is 8.21. The number of phenols is 1. The quantitative estimate of drug-likeness (QED) is 0.130. The van der Waals surface area contributed by atoms with Crippen molar-refractivity contribution in [3.63, 3.8) is 0 Å². The lowest BCUT2D eigenvalue weighted by molar-refractivity contribution is -0.113. The molecule has 0 saturated heterocycles. The molecule has 6 nitrogen and oxygen atoms in total. The Morgan fingerprint density at radius 2 is 1.36 bits per heavy atom. The van der Waals surface area contributed by atoms with Crippen molar-refractivity contribution in [3.8, 4) is 101 Å². The summed E-state index contributed by atoms with van der Waals surface area (Å²) in [5.41, 5.74) is 4.29. The average molecular weight is 593 g/mol. The van der Waals surface area contributed by atoms with E-state index in [1.165, 1.54) is 23.0 Å². The smallest absolute Gasteiger partial charge is 0.284 e. The zero-order chi connectivity index (χ0) is 30.8. The topological polar surface area (TPSA) is 91.2 Å². The van der Waals surface area contributed by atoms with E-state index >= 15 is 0 Å². The molecule has 1 heterocycles. The fourth-order valence-electron chi connectivity index (χ4n) is 2.39. The van der Waals surface area contributed by atoms with Gasteiger partial charge in [0.1, 0.15) is 10.8 Å². The minimum atomic E-state index is -0.219. The van der Waals surface area contributed by atoms with Crippen LogP contribution in [0.1, 0.15) is 29.3 Å². The summed E-state index contributed by atoms with van der Waals surface area (Å²) in [5, 5.41) is 17.3. The van der Waals surface area contributed by atoms with Crippen LogP contribution in [0.4, 0.5) is 0 Å². The molecule has 0 aromatic heterocycles. The van der Waals surface area contributed by atoms with Crippen molar-refractivity contribution >= 4 is 41.7 Å². The van der Waals surface area contributed by atoms with Crippen LogP contribution in [-0.2, 0) is 9.08 Å². The summed E-state index contributed by atoms with van der Waals surface area (Å²) in [4.78, 5) is 16.7. The van der Waals surface area contributed by atoms with Gasteiger partial charge in [-0.25, -0.2) is 9.28 Å². The van der Waals surface area contributed by atoms with Crippen LogP contribution in [0.2, 0.25) is 0 Å². The Labute approximate surface area is 261 Å². The van der Waals surface area contributed by atoms with Crippen molar-refractivity contribution in [2.24, 2.45) is 4.99 Å². The Hall–Kier alpha value is -5.62. The number of terminal acetylenes is 1. The number of nitrogens with zero attached hydrogens (tertiary/aromatic N) is 1. The molecule has 2 aromatic rings. The van der Waals surface area contributed by atoms with Crippen molar-refractivity contribution in [1.82, 2.24) is 5.64 Å². The predicted molar refractivity (Wildman–Crippen MR) is 179 cm³/mol. The largest absolute Gasteiger partial charge is 0.508 e. The standard InChI is InChI=1S/C17H13NO2S.C17H4.H3NO2S.4H2/c1-11-2-6-13(7-3-11)17-18-16(20)15(21-17)10-12-4-8-14(19)9-5-12;1-3-5-7-9-11-13-15-17-16-14-12-10-8-6-4-2;2-1-3-4;;;;/h2-10,19H,1H3;1H,2H3;1-2,4H;4*1H/b15-10-;;;;;;. The third kappa shape index (κ3) is 15.7. The van der Waals surface area contributed by atoms with Gasteiger partial charge in [-0.05, 0) is 121 Å². The highest BCUT2D eigenvalue weighted by Crippen LogP contribution is 2.32. The number of carbonyl (C=O) groups is 1. The van der Waals surface area contributed by atoms with Gasteiger partial charge in [-0.1, -0.05) is 65.3 Å². The van der Waals surface area contributed by atoms with Crippen LogP contribution in [0.15, 0.2) is 58.4 Å². The van der Waals surface area contributed by atoms with Crippen molar-refractivity contribution in [3.05, 3.63) is 70.1 Å². The van der Waals surface area contributed by atoms with Crippen molar-refractivity contribution in [1.29, 1.82) is 0 Å². The van der Waals surface area contributed by atoms with E-state index in [9.17, 15) is 9.90 Å². The highest BCUT2D eigenvalue weighted by molar-refractivity contribution is 8.19. The van der Waals surface area contributed by atoms with Gasteiger partial charge in [-0.15, -0.1) is 6.42 Å². The van der Waals surface area contributed by atoms with Gasteiger partial charge < -0.3 is 5.11 Å². The summed E-state index contributed by atoms with van der Waals surface area (Å²) in [6, 6.07) is 14.7. The molecule has 0 fully saturated rings. The molecule has 210 valence electrons. The molecule has 3 rings (SSSR count). The van der Waals surface area contributed by atoms with Gasteiger partial charge in [0.25, 0.3) is 5.91 Å². The molecule has 0 aliphatic carbocycles. The van der Waals surface area contributed by atoms with E-state index in [4.69, 9.17) is 11.6 Å². The fourth-order valence-corrected chi connectivity index (χ4v) is 3.31. The highest BCUT2D eigenvalue weighted by Gasteiger charge is 2.22. The maximum Gasteiger partial charge on any atom is 0.284 e. The molecule has 8 heteroatoms. The molecule has 0 radical (unpaired) electrons. The van der Waals surface area contributed by atoms with Gasteiger partial charge in [0.2, 0.25) is 0 Å². The molecule has 1 aliphatic rings. The van der Waals surface area contributed by atoms with Gasteiger partial charge in [0.05, 0.1) is 4.91 Å². The summed E-state index contributed by atoms with van der Waals surface area (Å²) in [6.45, 7) is 3.72. The molecule has 1 amide bonds. The van der Waals surface area contributed by atoms with E-state index in [1.807, 2.05) is 31.2 Å². The second kappa shape index (κ2) is 22.2. The number of thioether (sulfide) groups is 1. The van der Waals surface area contributed by atoms with Crippen LogP contribution in [0.25, 0.3) is 6.08 Å². The number of amides is 1. The van der Waals surface area contributed by atoms with Crippen LogP contribution in [-0.4, -0.2) is 21.3 Å². The Kier molecular flexibility index (Phi) is 18.2. The first-order valence-electron chi connectivity index (χ1n) is 11.4. The highest BCUT2D eigenvalue weighted by atomic mass is 32.2. The van der Waals surface area contributed by atoms with Crippen molar-refractivity contribution in [2.45, 2.75) is 13.8 Å². The van der Waals surface area contributed by atoms with Gasteiger partial charge in [-0.2, -0.15) is 0 Å². The van der Waals surface area contributed by atoms with Crippen LogP contribution in [0, 0.1) is 102 Å². The van der Waals surface area contributed by atoms with Crippen LogP contribution in [0.3, 0.4) is 0 Å². The zero-order valence-electron chi connectivity index (χ0n) is 22.3. The number of phenolic OH excluding ortho intramolecular Hbond substituents is 1. The molecule has 0 atom stereocenters. The van der Waals surface area contributed by atoms with E-state index in [0.29, 0.717) is 4.91 Å². The second-order valence-electron chi connectivity index (χ2n) is 6.99. The molecular formula is C34H28N2O4S2. The fraction of sp³-hybridized carbons (Fsp3) is 0.0588. The third-order valence-corrected chi connectivity index (χ3v) is 5.21. The van der Waals surface area contributed by atoms with E-state index in [-0.39, 0.29) is 17.4 Å². The number of aromatic hydroxyl groups is 1. The van der Waals surface area contributed by atoms with Gasteiger partial charge in [0, 0.05) is 24.2 Å². The number of aliphatic imine (C=N–C) groups is 1. The summed E-state index contributed by atoms with van der Waals surface area (Å²) in [5.74, 6) is 36.9.